The summed E-state index contributed by atoms with van der Waals surface area (Å²) >= 11 is 0. The maximum Gasteiger partial charge on any atom is 0.262 e. The molecule has 5 heteroatoms. The highest BCUT2D eigenvalue weighted by atomic mass is 19.1. The second kappa shape index (κ2) is 5.74. The normalized spacial score (nSPS) is 22.3. The Morgan fingerprint density at radius 3 is 2.52 bits per heavy atom. The minimum Gasteiger partial charge on any atom is -0.348 e. The Morgan fingerprint density at radius 1 is 1.22 bits per heavy atom. The fourth-order valence-electron chi connectivity index (χ4n) is 2.96. The van der Waals surface area contributed by atoms with E-state index in [1.165, 1.54) is 19.1 Å². The lowest BCUT2D eigenvalue weighted by Crippen LogP contribution is -2.47. The molecule has 0 fully saturated rings. The number of carbonyl (C=O) groups excluding carboxylic acids is 1. The van der Waals surface area contributed by atoms with Crippen LogP contribution in [0.5, 0.6) is 0 Å². The van der Waals surface area contributed by atoms with Gasteiger partial charge in [0.2, 0.25) is 5.67 Å². The zero-order chi connectivity index (χ0) is 16.6. The molecule has 0 radical (unpaired) electrons. The smallest absolute Gasteiger partial charge is 0.262 e. The lowest BCUT2D eigenvalue weighted by atomic mass is 9.96. The van der Waals surface area contributed by atoms with Crippen LogP contribution in [0.15, 0.2) is 48.5 Å². The maximum atomic E-state index is 14.9. The van der Waals surface area contributed by atoms with E-state index >= 15 is 0 Å². The number of amides is 1. The Balaban J connectivity index is 1.76. The lowest BCUT2D eigenvalue weighted by Gasteiger charge is -2.25. The molecule has 1 aliphatic carbocycles. The summed E-state index contributed by atoms with van der Waals surface area (Å²) in [6.07, 6.45) is 0.572. The minimum atomic E-state index is -2.25. The first-order valence-electron chi connectivity index (χ1n) is 7.49. The molecule has 3 N–H and O–H groups in total. The van der Waals surface area contributed by atoms with Gasteiger partial charge in [-0.1, -0.05) is 36.4 Å². The van der Waals surface area contributed by atoms with Crippen LogP contribution in [0.2, 0.25) is 0 Å². The van der Waals surface area contributed by atoms with Crippen LogP contribution in [0.3, 0.4) is 0 Å². The highest BCUT2D eigenvalue weighted by molar-refractivity contribution is 5.86. The molecular formula is C18H18F2N2O. The van der Waals surface area contributed by atoms with Crippen LogP contribution in [-0.4, -0.2) is 11.9 Å². The molecule has 0 aliphatic heterocycles. The molecule has 0 heterocycles. The first-order valence-corrected chi connectivity index (χ1v) is 7.49. The van der Waals surface area contributed by atoms with Crippen molar-refractivity contribution in [2.24, 2.45) is 5.73 Å². The average molecular weight is 316 g/mol. The Morgan fingerprint density at radius 2 is 1.87 bits per heavy atom. The third-order valence-electron chi connectivity index (χ3n) is 4.42. The quantitative estimate of drug-likeness (QED) is 0.915. The van der Waals surface area contributed by atoms with Gasteiger partial charge in [-0.25, -0.2) is 8.78 Å². The van der Waals surface area contributed by atoms with Crippen molar-refractivity contribution in [3.05, 3.63) is 71.0 Å². The van der Waals surface area contributed by atoms with E-state index in [4.69, 9.17) is 5.73 Å². The fourth-order valence-corrected chi connectivity index (χ4v) is 2.96. The van der Waals surface area contributed by atoms with Crippen LogP contribution < -0.4 is 11.1 Å². The predicted octanol–water partition coefficient (Wildman–Crippen LogP) is 2.75. The molecule has 1 amide bonds. The third kappa shape index (κ3) is 2.84. The largest absolute Gasteiger partial charge is 0.348 e. The van der Waals surface area contributed by atoms with Crippen LogP contribution in [0, 0.1) is 5.82 Å². The van der Waals surface area contributed by atoms with Crippen LogP contribution in [0.1, 0.15) is 29.7 Å². The van der Waals surface area contributed by atoms with Crippen LogP contribution in [0.4, 0.5) is 8.78 Å². The second-order valence-corrected chi connectivity index (χ2v) is 6.02. The molecule has 2 unspecified atom stereocenters. The first kappa shape index (κ1) is 15.6. The monoisotopic (exact) mass is 316 g/mol. The number of hydrogen-bond donors (Lipinski definition) is 2. The van der Waals surface area contributed by atoms with Crippen LogP contribution in [0.25, 0.3) is 0 Å². The SMILES string of the molecule is CC(F)(C(=O)N[C@H]1Cc2ccccc2C1N)c1ccc(F)cc1. The summed E-state index contributed by atoms with van der Waals surface area (Å²) in [5.41, 5.74) is 6.05. The van der Waals surface area contributed by atoms with Crippen molar-refractivity contribution in [3.63, 3.8) is 0 Å². The summed E-state index contributed by atoms with van der Waals surface area (Å²) in [6.45, 7) is 1.17. The predicted molar refractivity (Wildman–Crippen MR) is 83.9 cm³/mol. The number of nitrogens with one attached hydrogen (secondary N) is 1. The Labute approximate surface area is 133 Å². The second-order valence-electron chi connectivity index (χ2n) is 6.02. The topological polar surface area (TPSA) is 55.1 Å². The molecule has 0 spiro atoms. The fraction of sp³-hybridized carbons (Fsp3) is 0.278. The molecule has 120 valence electrons. The van der Waals surface area contributed by atoms with Crippen molar-refractivity contribution in [3.8, 4) is 0 Å². The molecule has 0 aromatic heterocycles. The summed E-state index contributed by atoms with van der Waals surface area (Å²) in [5.74, 6) is -1.24. The summed E-state index contributed by atoms with van der Waals surface area (Å²) in [6, 6.07) is 11.8. The number of rotatable bonds is 3. The van der Waals surface area contributed by atoms with Gasteiger partial charge in [0.25, 0.3) is 5.91 Å². The van der Waals surface area contributed by atoms with Gasteiger partial charge >= 0.3 is 0 Å². The van der Waals surface area contributed by atoms with E-state index in [1.807, 2.05) is 24.3 Å². The Bertz CT molecular complexity index is 728. The van der Waals surface area contributed by atoms with E-state index in [0.717, 1.165) is 23.3 Å². The molecule has 2 aromatic rings. The van der Waals surface area contributed by atoms with Crippen molar-refractivity contribution < 1.29 is 13.6 Å². The van der Waals surface area contributed by atoms with Gasteiger partial charge in [-0.05, 0) is 42.2 Å². The zero-order valence-electron chi connectivity index (χ0n) is 12.7. The molecule has 2 aromatic carbocycles. The molecule has 3 atom stereocenters. The van der Waals surface area contributed by atoms with Gasteiger partial charge in [0.1, 0.15) is 5.82 Å². The number of halogens is 2. The number of fused-ring (bicyclic) bond motifs is 1. The highest BCUT2D eigenvalue weighted by Crippen LogP contribution is 2.31. The summed E-state index contributed by atoms with van der Waals surface area (Å²) in [5, 5.41) is 2.70. The molecule has 0 saturated heterocycles. The van der Waals surface area contributed by atoms with Crippen molar-refractivity contribution in [1.82, 2.24) is 5.32 Å². The molecule has 3 nitrogen and oxygen atoms in total. The first-order chi connectivity index (χ1) is 10.9. The summed E-state index contributed by atoms with van der Waals surface area (Å²) < 4.78 is 27.8. The molecule has 1 aliphatic rings. The summed E-state index contributed by atoms with van der Waals surface area (Å²) in [7, 11) is 0. The van der Waals surface area contributed by atoms with Crippen molar-refractivity contribution >= 4 is 5.91 Å². The van der Waals surface area contributed by atoms with Gasteiger partial charge in [0.05, 0.1) is 12.1 Å². The van der Waals surface area contributed by atoms with Gasteiger partial charge in [-0.3, -0.25) is 4.79 Å². The van der Waals surface area contributed by atoms with E-state index < -0.39 is 17.4 Å². The standard InChI is InChI=1S/C18H18F2N2O/c1-18(20,12-6-8-13(19)9-7-12)17(23)22-15-10-11-4-2-3-5-14(11)16(15)21/h2-9,15-16H,10,21H2,1H3,(H,22,23)/t15-,16?,18?/m0/s1. The van der Waals surface area contributed by atoms with Crippen LogP contribution >= 0.6 is 0 Å². The number of alkyl halides is 1. The van der Waals surface area contributed by atoms with Crippen molar-refractivity contribution in [2.75, 3.05) is 0 Å². The minimum absolute atomic E-state index is 0.112. The van der Waals surface area contributed by atoms with Gasteiger partial charge < -0.3 is 11.1 Å². The van der Waals surface area contributed by atoms with Crippen molar-refractivity contribution in [1.29, 1.82) is 0 Å². The highest BCUT2D eigenvalue weighted by Gasteiger charge is 2.39. The van der Waals surface area contributed by atoms with E-state index in [1.54, 1.807) is 0 Å². The lowest BCUT2D eigenvalue weighted by molar-refractivity contribution is -0.133. The molecule has 3 rings (SSSR count). The summed E-state index contributed by atoms with van der Waals surface area (Å²) in [4.78, 5) is 12.4. The Kier molecular flexibility index (Phi) is 3.90. The zero-order valence-corrected chi connectivity index (χ0v) is 12.7. The number of nitrogens with two attached hydrogens (primary N) is 1. The number of benzene rings is 2. The van der Waals surface area contributed by atoms with Gasteiger partial charge in [0, 0.05) is 0 Å². The number of carbonyl (C=O) groups is 1. The van der Waals surface area contributed by atoms with Crippen molar-refractivity contribution in [2.45, 2.75) is 31.1 Å². The van der Waals surface area contributed by atoms with E-state index in [2.05, 4.69) is 5.32 Å². The van der Waals surface area contributed by atoms with Gasteiger partial charge in [0.15, 0.2) is 0 Å². The molecule has 0 saturated carbocycles. The van der Waals surface area contributed by atoms with E-state index in [0.29, 0.717) is 6.42 Å². The maximum absolute atomic E-state index is 14.9. The van der Waals surface area contributed by atoms with E-state index in [9.17, 15) is 13.6 Å². The average Bonchev–Trinajstić information content (AvgIpc) is 2.84. The number of hydrogen-bond acceptors (Lipinski definition) is 2. The van der Waals surface area contributed by atoms with E-state index in [-0.39, 0.29) is 17.6 Å². The third-order valence-corrected chi connectivity index (χ3v) is 4.42. The Hall–Kier alpha value is -2.27. The molecule has 23 heavy (non-hydrogen) atoms. The molecular weight excluding hydrogens is 298 g/mol. The van der Waals surface area contributed by atoms with Crippen LogP contribution in [-0.2, 0) is 16.9 Å². The van der Waals surface area contributed by atoms with Gasteiger partial charge in [-0.2, -0.15) is 0 Å². The molecule has 0 bridgehead atoms. The van der Waals surface area contributed by atoms with Gasteiger partial charge in [-0.15, -0.1) is 0 Å².